The second-order valence-electron chi connectivity index (χ2n) is 5.31. The highest BCUT2D eigenvalue weighted by Gasteiger charge is 2.19. The Balaban J connectivity index is 4.26. The number of rotatable bonds is 7. The molecule has 98 valence electrons. The minimum Gasteiger partial charge on any atom is -0.348 e. The van der Waals surface area contributed by atoms with Crippen molar-refractivity contribution in [3.05, 3.63) is 0 Å². The van der Waals surface area contributed by atoms with Gasteiger partial charge in [-0.2, -0.15) is 5.26 Å². The lowest BCUT2D eigenvalue weighted by Gasteiger charge is -2.25. The zero-order valence-electron chi connectivity index (χ0n) is 11.8. The van der Waals surface area contributed by atoms with Crippen molar-refractivity contribution in [1.29, 1.82) is 5.26 Å². The molecular weight excluding hydrogens is 214 g/mol. The summed E-state index contributed by atoms with van der Waals surface area (Å²) < 4.78 is 0. The molecule has 0 fully saturated rings. The van der Waals surface area contributed by atoms with Gasteiger partial charge in [0.1, 0.15) is 0 Å². The Kier molecular flexibility index (Phi) is 6.82. The molecule has 0 aliphatic rings. The van der Waals surface area contributed by atoms with Gasteiger partial charge in [0.05, 0.1) is 18.0 Å². The predicted octanol–water partition coefficient (Wildman–Crippen LogP) is 1.73. The number of carbonyl (C=O) groups is 1. The number of hydrogen-bond acceptors (Lipinski definition) is 3. The largest absolute Gasteiger partial charge is 0.348 e. The molecule has 1 amide bonds. The van der Waals surface area contributed by atoms with Crippen LogP contribution in [0.1, 0.15) is 33.6 Å². The number of likely N-dealkylation sites (N-methyl/N-ethyl adjacent to an activating group) is 1. The highest BCUT2D eigenvalue weighted by atomic mass is 16.2. The zero-order valence-corrected chi connectivity index (χ0v) is 11.8. The minimum atomic E-state index is -0.312. The summed E-state index contributed by atoms with van der Waals surface area (Å²) in [5.41, 5.74) is -0.312. The molecule has 4 nitrogen and oxygen atoms in total. The highest BCUT2D eigenvalue weighted by molar-refractivity contribution is 5.77. The maximum absolute atomic E-state index is 11.6. The second kappa shape index (κ2) is 7.29. The summed E-state index contributed by atoms with van der Waals surface area (Å²) in [4.78, 5) is 15.4. The molecule has 0 spiro atoms. The van der Waals surface area contributed by atoms with E-state index in [4.69, 9.17) is 5.26 Å². The van der Waals surface area contributed by atoms with Crippen LogP contribution in [-0.4, -0.2) is 49.4 Å². The van der Waals surface area contributed by atoms with Crippen molar-refractivity contribution in [3.63, 3.8) is 0 Å². The lowest BCUT2D eigenvalue weighted by Crippen LogP contribution is -2.38. The molecule has 0 aliphatic carbocycles. The van der Waals surface area contributed by atoms with Gasteiger partial charge in [-0.3, -0.25) is 9.69 Å². The van der Waals surface area contributed by atoms with Gasteiger partial charge in [-0.15, -0.1) is 0 Å². The van der Waals surface area contributed by atoms with E-state index in [9.17, 15) is 4.79 Å². The molecule has 0 aliphatic heterocycles. The molecule has 0 aromatic carbocycles. The topological polar surface area (TPSA) is 47.3 Å². The van der Waals surface area contributed by atoms with Crippen LogP contribution in [0, 0.1) is 16.7 Å². The maximum Gasteiger partial charge on any atom is 0.236 e. The normalized spacial score (nSPS) is 11.4. The number of hydrogen-bond donors (Lipinski definition) is 0. The van der Waals surface area contributed by atoms with Gasteiger partial charge in [-0.1, -0.05) is 6.92 Å². The van der Waals surface area contributed by atoms with E-state index in [2.05, 4.69) is 17.9 Å². The van der Waals surface area contributed by atoms with Crippen molar-refractivity contribution in [2.45, 2.75) is 33.6 Å². The van der Waals surface area contributed by atoms with Crippen LogP contribution in [0.3, 0.4) is 0 Å². The summed E-state index contributed by atoms with van der Waals surface area (Å²) in [5, 5.41) is 8.96. The zero-order chi connectivity index (χ0) is 13.5. The molecule has 0 radical (unpaired) electrons. The predicted molar refractivity (Wildman–Crippen MR) is 69.4 cm³/mol. The van der Waals surface area contributed by atoms with Gasteiger partial charge in [-0.05, 0) is 33.2 Å². The number of nitrogens with zero attached hydrogens (tertiary/aromatic N) is 3. The van der Waals surface area contributed by atoms with Gasteiger partial charge in [0.2, 0.25) is 5.91 Å². The maximum atomic E-state index is 11.6. The average molecular weight is 239 g/mol. The van der Waals surface area contributed by atoms with Crippen molar-refractivity contribution < 1.29 is 4.79 Å². The summed E-state index contributed by atoms with van der Waals surface area (Å²) in [6.07, 6.45) is 1.82. The molecule has 0 N–H and O–H groups in total. The van der Waals surface area contributed by atoms with Crippen molar-refractivity contribution in [2.75, 3.05) is 33.7 Å². The summed E-state index contributed by atoms with van der Waals surface area (Å²) in [6.45, 7) is 8.12. The number of amides is 1. The lowest BCUT2D eigenvalue weighted by molar-refractivity contribution is -0.130. The molecule has 0 atom stereocenters. The van der Waals surface area contributed by atoms with E-state index in [1.165, 1.54) is 0 Å². The van der Waals surface area contributed by atoms with Gasteiger partial charge in [0.15, 0.2) is 0 Å². The summed E-state index contributed by atoms with van der Waals surface area (Å²) in [5.74, 6) is 0.119. The van der Waals surface area contributed by atoms with Crippen LogP contribution in [0.4, 0.5) is 0 Å². The van der Waals surface area contributed by atoms with Crippen molar-refractivity contribution >= 4 is 5.91 Å². The monoisotopic (exact) mass is 239 g/mol. The molecule has 0 heterocycles. The summed E-state index contributed by atoms with van der Waals surface area (Å²) in [6, 6.07) is 2.29. The molecule has 0 saturated carbocycles. The van der Waals surface area contributed by atoms with E-state index >= 15 is 0 Å². The van der Waals surface area contributed by atoms with Crippen molar-refractivity contribution in [1.82, 2.24) is 9.80 Å². The van der Waals surface area contributed by atoms with Crippen molar-refractivity contribution in [3.8, 4) is 6.07 Å². The highest BCUT2D eigenvalue weighted by Crippen LogP contribution is 2.18. The third-order valence-electron chi connectivity index (χ3n) is 2.75. The Labute approximate surface area is 105 Å². The lowest BCUT2D eigenvalue weighted by atomic mass is 9.91. The van der Waals surface area contributed by atoms with Gasteiger partial charge < -0.3 is 4.90 Å². The number of carbonyl (C=O) groups excluding carboxylic acids is 1. The molecule has 0 unspecified atom stereocenters. The first-order valence-electron chi connectivity index (χ1n) is 6.16. The second-order valence-corrected chi connectivity index (χ2v) is 5.31. The standard InChI is InChI=1S/C13H25N3O/c1-6-8-16(10-12(17)15(4)5)9-7-13(2,3)11-14/h6-10H2,1-5H3. The van der Waals surface area contributed by atoms with Crippen LogP contribution < -0.4 is 0 Å². The molecule has 0 aromatic heterocycles. The molecule has 0 saturated heterocycles. The Bertz CT molecular complexity index is 279. The van der Waals surface area contributed by atoms with E-state index in [0.717, 1.165) is 25.9 Å². The van der Waals surface area contributed by atoms with Crippen LogP contribution in [0.25, 0.3) is 0 Å². The quantitative estimate of drug-likeness (QED) is 0.679. The first kappa shape index (κ1) is 15.9. The first-order valence-corrected chi connectivity index (χ1v) is 6.16. The van der Waals surface area contributed by atoms with Crippen LogP contribution in [0.2, 0.25) is 0 Å². The Morgan fingerprint density at radius 3 is 2.29 bits per heavy atom. The van der Waals surface area contributed by atoms with Crippen LogP contribution in [-0.2, 0) is 4.79 Å². The van der Waals surface area contributed by atoms with Crippen LogP contribution in [0.15, 0.2) is 0 Å². The minimum absolute atomic E-state index is 0.119. The Morgan fingerprint density at radius 2 is 1.88 bits per heavy atom. The van der Waals surface area contributed by atoms with E-state index in [-0.39, 0.29) is 11.3 Å². The van der Waals surface area contributed by atoms with Gasteiger partial charge in [-0.25, -0.2) is 0 Å². The third kappa shape index (κ3) is 6.96. The molecule has 4 heteroatoms. The fourth-order valence-electron chi connectivity index (χ4n) is 1.41. The van der Waals surface area contributed by atoms with E-state index in [1.807, 2.05) is 13.8 Å². The fraction of sp³-hybridized carbons (Fsp3) is 0.846. The van der Waals surface area contributed by atoms with Crippen molar-refractivity contribution in [2.24, 2.45) is 5.41 Å². The fourth-order valence-corrected chi connectivity index (χ4v) is 1.41. The third-order valence-corrected chi connectivity index (χ3v) is 2.75. The van der Waals surface area contributed by atoms with E-state index in [1.54, 1.807) is 19.0 Å². The summed E-state index contributed by atoms with van der Waals surface area (Å²) >= 11 is 0. The van der Waals surface area contributed by atoms with E-state index < -0.39 is 0 Å². The Hall–Kier alpha value is -1.08. The molecular formula is C13H25N3O. The average Bonchev–Trinajstić information content (AvgIpc) is 2.26. The molecule has 17 heavy (non-hydrogen) atoms. The molecule has 0 rings (SSSR count). The SMILES string of the molecule is CCCN(CCC(C)(C)C#N)CC(=O)N(C)C. The van der Waals surface area contributed by atoms with Crippen LogP contribution in [0.5, 0.6) is 0 Å². The van der Waals surface area contributed by atoms with Crippen LogP contribution >= 0.6 is 0 Å². The smallest absolute Gasteiger partial charge is 0.236 e. The van der Waals surface area contributed by atoms with Gasteiger partial charge in [0, 0.05) is 20.6 Å². The van der Waals surface area contributed by atoms with Gasteiger partial charge in [0.25, 0.3) is 0 Å². The first-order chi connectivity index (χ1) is 7.82. The number of nitriles is 1. The van der Waals surface area contributed by atoms with Gasteiger partial charge >= 0.3 is 0 Å². The molecule has 0 bridgehead atoms. The Morgan fingerprint density at radius 1 is 1.29 bits per heavy atom. The molecule has 0 aromatic rings. The summed E-state index contributed by atoms with van der Waals surface area (Å²) in [7, 11) is 3.54. The van der Waals surface area contributed by atoms with E-state index in [0.29, 0.717) is 6.54 Å².